The number of halogens is 4. The van der Waals surface area contributed by atoms with Gasteiger partial charge in [-0.05, 0) is 98.9 Å². The molecule has 0 aliphatic carbocycles. The number of nitrogens with zero attached hydrogens (tertiary/aromatic N) is 1. The lowest BCUT2D eigenvalue weighted by molar-refractivity contribution is -0.123. The number of hydrogen-bond donors (Lipinski definition) is 1. The van der Waals surface area contributed by atoms with E-state index < -0.39 is 11.9 Å². The van der Waals surface area contributed by atoms with Crippen molar-refractivity contribution in [3.05, 3.63) is 83.6 Å². The first-order valence-electron chi connectivity index (χ1n) is 10.1. The fourth-order valence-corrected chi connectivity index (χ4v) is 5.47. The number of hydrazone groups is 1. The molecule has 3 aromatic rings. The fourth-order valence-electron chi connectivity index (χ4n) is 2.72. The van der Waals surface area contributed by atoms with E-state index in [0.717, 1.165) is 8.95 Å². The number of carbonyl (C=O) groups is 2. The third kappa shape index (κ3) is 8.16. The van der Waals surface area contributed by atoms with Gasteiger partial charge in [-0.1, -0.05) is 31.9 Å². The monoisotopic (exact) mass is 730 g/mol. The van der Waals surface area contributed by atoms with Crippen molar-refractivity contribution in [3.63, 3.8) is 0 Å². The molecular weight excluding hydrogens is 716 g/mol. The Balaban J connectivity index is 1.61. The van der Waals surface area contributed by atoms with Gasteiger partial charge in [0.2, 0.25) is 0 Å². The van der Waals surface area contributed by atoms with Crippen LogP contribution in [0.1, 0.15) is 22.8 Å². The molecule has 182 valence electrons. The molecule has 0 bridgehead atoms. The highest BCUT2D eigenvalue weighted by atomic mass is 79.9. The highest BCUT2D eigenvalue weighted by Gasteiger charge is 2.14. The maximum Gasteiger partial charge on any atom is 0.343 e. The Hall–Kier alpha value is -2.21. The predicted octanol–water partition coefficient (Wildman–Crippen LogP) is 6.88. The minimum atomic E-state index is -0.504. The summed E-state index contributed by atoms with van der Waals surface area (Å²) in [6.07, 6.45) is 1.45. The number of ether oxygens (including phenoxy) is 3. The molecule has 0 aliphatic rings. The van der Waals surface area contributed by atoms with Crippen LogP contribution in [0, 0.1) is 0 Å². The smallest absolute Gasteiger partial charge is 0.343 e. The summed E-state index contributed by atoms with van der Waals surface area (Å²) in [5, 5.41) is 3.96. The van der Waals surface area contributed by atoms with Gasteiger partial charge in [0.25, 0.3) is 5.91 Å². The Kier molecular flexibility index (Phi) is 10.3. The van der Waals surface area contributed by atoms with Gasteiger partial charge in [-0.2, -0.15) is 5.10 Å². The third-order valence-electron chi connectivity index (χ3n) is 4.26. The lowest BCUT2D eigenvalue weighted by atomic mass is 10.2. The number of amides is 1. The molecule has 3 aromatic carbocycles. The Morgan fingerprint density at radius 3 is 2.23 bits per heavy atom. The zero-order valence-corrected chi connectivity index (χ0v) is 24.5. The molecule has 0 aliphatic heterocycles. The molecule has 11 heteroatoms. The maximum absolute atomic E-state index is 12.4. The molecule has 0 atom stereocenters. The summed E-state index contributed by atoms with van der Waals surface area (Å²) in [7, 11) is 0. The van der Waals surface area contributed by atoms with Gasteiger partial charge in [-0.3, -0.25) is 4.79 Å². The fraction of sp³-hybridized carbons (Fsp3) is 0.125. The van der Waals surface area contributed by atoms with E-state index in [-0.39, 0.29) is 12.4 Å². The minimum Gasteiger partial charge on any atom is -0.490 e. The minimum absolute atomic E-state index is 0.231. The second-order valence-electron chi connectivity index (χ2n) is 6.82. The first-order chi connectivity index (χ1) is 16.8. The summed E-state index contributed by atoms with van der Waals surface area (Å²) < 4.78 is 19.8. The average molecular weight is 734 g/mol. The van der Waals surface area contributed by atoms with Gasteiger partial charge in [0.1, 0.15) is 5.75 Å². The molecule has 0 heterocycles. The number of rotatable bonds is 9. The highest BCUT2D eigenvalue weighted by Crippen LogP contribution is 2.36. The molecule has 0 saturated heterocycles. The molecule has 0 spiro atoms. The van der Waals surface area contributed by atoms with E-state index in [0.29, 0.717) is 38.2 Å². The average Bonchev–Trinajstić information content (AvgIpc) is 2.80. The number of esters is 1. The van der Waals surface area contributed by atoms with Gasteiger partial charge in [0, 0.05) is 8.95 Å². The van der Waals surface area contributed by atoms with Crippen molar-refractivity contribution in [1.29, 1.82) is 0 Å². The number of hydrogen-bond acceptors (Lipinski definition) is 6. The van der Waals surface area contributed by atoms with E-state index in [4.69, 9.17) is 14.2 Å². The van der Waals surface area contributed by atoms with Crippen LogP contribution in [0.15, 0.2) is 77.6 Å². The molecular formula is C24H18Br4N2O5. The van der Waals surface area contributed by atoms with Crippen LogP contribution >= 0.6 is 63.7 Å². The van der Waals surface area contributed by atoms with Crippen LogP contribution in [0.2, 0.25) is 0 Å². The summed E-state index contributed by atoms with van der Waals surface area (Å²) in [5.41, 5.74) is 3.46. The molecule has 7 nitrogen and oxygen atoms in total. The van der Waals surface area contributed by atoms with Gasteiger partial charge in [0.15, 0.2) is 18.1 Å². The van der Waals surface area contributed by atoms with Crippen LogP contribution in [-0.4, -0.2) is 31.3 Å². The van der Waals surface area contributed by atoms with Gasteiger partial charge >= 0.3 is 5.97 Å². The second kappa shape index (κ2) is 13.2. The number of nitrogens with one attached hydrogen (secondary N) is 1. The van der Waals surface area contributed by atoms with Gasteiger partial charge in [-0.15, -0.1) is 0 Å². The largest absolute Gasteiger partial charge is 0.490 e. The van der Waals surface area contributed by atoms with E-state index in [1.807, 2.05) is 19.1 Å². The molecule has 0 radical (unpaired) electrons. The van der Waals surface area contributed by atoms with Crippen LogP contribution in [-0.2, 0) is 4.79 Å². The highest BCUT2D eigenvalue weighted by molar-refractivity contribution is 9.11. The standard InChI is InChI=1S/C24H18Br4N2O5/c1-2-33-21-9-14(3-8-20(21)35-24(32)15-4-6-16(25)7-5-15)12-29-30-22(31)13-34-23-18(27)10-17(26)11-19(23)28/h3-12H,2,13H2,1H3,(H,30,31)/b29-12-. The van der Waals surface area contributed by atoms with E-state index in [1.165, 1.54) is 6.21 Å². The Morgan fingerprint density at radius 1 is 0.886 bits per heavy atom. The van der Waals surface area contributed by atoms with Crippen LogP contribution < -0.4 is 19.6 Å². The van der Waals surface area contributed by atoms with E-state index >= 15 is 0 Å². The maximum atomic E-state index is 12.4. The van der Waals surface area contributed by atoms with Crippen LogP contribution in [0.4, 0.5) is 0 Å². The first kappa shape index (κ1) is 27.4. The molecule has 0 unspecified atom stereocenters. The van der Waals surface area contributed by atoms with Crippen LogP contribution in [0.5, 0.6) is 17.2 Å². The third-order valence-corrected chi connectivity index (χ3v) is 6.43. The summed E-state index contributed by atoms with van der Waals surface area (Å²) in [6, 6.07) is 15.4. The molecule has 1 N–H and O–H groups in total. The summed E-state index contributed by atoms with van der Waals surface area (Å²) in [5.74, 6) is 0.215. The topological polar surface area (TPSA) is 86.2 Å². The lowest BCUT2D eigenvalue weighted by Crippen LogP contribution is -2.24. The Labute approximate surface area is 235 Å². The molecule has 0 saturated carbocycles. The zero-order valence-electron chi connectivity index (χ0n) is 18.2. The molecule has 3 rings (SSSR count). The quantitative estimate of drug-likeness (QED) is 0.112. The predicted molar refractivity (Wildman–Crippen MR) is 147 cm³/mol. The normalized spacial score (nSPS) is 10.8. The zero-order chi connectivity index (χ0) is 25.4. The van der Waals surface area contributed by atoms with E-state index in [9.17, 15) is 9.59 Å². The molecule has 1 amide bonds. The van der Waals surface area contributed by atoms with Crippen molar-refractivity contribution < 1.29 is 23.8 Å². The Bertz CT molecular complexity index is 1230. The van der Waals surface area contributed by atoms with E-state index in [2.05, 4.69) is 74.2 Å². The van der Waals surface area contributed by atoms with Crippen LogP contribution in [0.25, 0.3) is 0 Å². The number of carbonyl (C=O) groups excluding carboxylic acids is 2. The second-order valence-corrected chi connectivity index (χ2v) is 10.4. The van der Waals surface area contributed by atoms with E-state index in [1.54, 1.807) is 42.5 Å². The summed E-state index contributed by atoms with van der Waals surface area (Å²) in [6.45, 7) is 1.97. The lowest BCUT2D eigenvalue weighted by Gasteiger charge is -2.11. The first-order valence-corrected chi connectivity index (χ1v) is 13.3. The van der Waals surface area contributed by atoms with Crippen molar-refractivity contribution in [2.24, 2.45) is 5.10 Å². The van der Waals surface area contributed by atoms with Crippen LogP contribution in [0.3, 0.4) is 0 Å². The SMILES string of the molecule is CCOc1cc(/C=N\NC(=O)COc2c(Br)cc(Br)cc2Br)ccc1OC(=O)c1ccc(Br)cc1. The summed E-state index contributed by atoms with van der Waals surface area (Å²) >= 11 is 13.5. The molecule has 0 aromatic heterocycles. The van der Waals surface area contributed by atoms with Gasteiger partial charge in [-0.25, -0.2) is 10.2 Å². The van der Waals surface area contributed by atoms with Crippen molar-refractivity contribution in [1.82, 2.24) is 5.43 Å². The summed E-state index contributed by atoms with van der Waals surface area (Å²) in [4.78, 5) is 24.6. The van der Waals surface area contributed by atoms with Gasteiger partial charge < -0.3 is 14.2 Å². The van der Waals surface area contributed by atoms with Crippen molar-refractivity contribution in [2.75, 3.05) is 13.2 Å². The van der Waals surface area contributed by atoms with Crippen molar-refractivity contribution in [2.45, 2.75) is 6.92 Å². The number of benzene rings is 3. The molecule has 0 fully saturated rings. The Morgan fingerprint density at radius 2 is 1.57 bits per heavy atom. The molecule has 35 heavy (non-hydrogen) atoms. The van der Waals surface area contributed by atoms with Crippen molar-refractivity contribution >= 4 is 81.8 Å². The van der Waals surface area contributed by atoms with Crippen molar-refractivity contribution in [3.8, 4) is 17.2 Å². The van der Waals surface area contributed by atoms with Gasteiger partial charge in [0.05, 0.1) is 27.3 Å².